The van der Waals surface area contributed by atoms with Gasteiger partial charge in [-0.3, -0.25) is 9.59 Å². The highest BCUT2D eigenvalue weighted by Gasteiger charge is 2.33. The first-order valence-corrected chi connectivity index (χ1v) is 9.24. The lowest BCUT2D eigenvalue weighted by Crippen LogP contribution is -2.31. The van der Waals surface area contributed by atoms with Gasteiger partial charge in [0, 0.05) is 5.02 Å². The highest BCUT2D eigenvalue weighted by molar-refractivity contribution is 6.31. The number of esters is 1. The second-order valence-corrected chi connectivity index (χ2v) is 8.31. The monoisotopic (exact) mass is 376 g/mol. The van der Waals surface area contributed by atoms with Gasteiger partial charge in [-0.05, 0) is 55.2 Å². The number of hydrogen-bond donors (Lipinski definition) is 1. The Bertz CT molecular complexity index is 711. The Morgan fingerprint density at radius 3 is 2.50 bits per heavy atom. The summed E-state index contributed by atoms with van der Waals surface area (Å²) in [7, 11) is 0. The lowest BCUT2D eigenvalue weighted by atomic mass is 9.70. The third-order valence-electron chi connectivity index (χ3n) is 5.01. The molecule has 1 aromatic carbocycles. The maximum Gasteiger partial charge on any atom is 0.309 e. The molecule has 0 aromatic heterocycles. The number of nitrogens with one attached hydrogen (secondary N) is 1. The van der Waals surface area contributed by atoms with Gasteiger partial charge in [0.05, 0.1) is 17.2 Å². The van der Waals surface area contributed by atoms with Crippen LogP contribution < -0.4 is 5.32 Å². The van der Waals surface area contributed by atoms with Crippen molar-refractivity contribution in [3.05, 3.63) is 28.8 Å². The van der Waals surface area contributed by atoms with Crippen LogP contribution in [-0.4, -0.2) is 18.5 Å². The molecule has 1 aromatic rings. The number of anilines is 1. The Morgan fingerprint density at radius 1 is 1.27 bits per heavy atom. The summed E-state index contributed by atoms with van der Waals surface area (Å²) < 4.78 is 5.17. The molecule has 0 heterocycles. The summed E-state index contributed by atoms with van der Waals surface area (Å²) in [5, 5.41) is 12.0. The summed E-state index contributed by atoms with van der Waals surface area (Å²) in [6.45, 7) is 6.32. The molecular weight excluding hydrogens is 352 g/mol. The standard InChI is InChI=1S/C20H25ClN2O3/c1-20(2,3)15-7-4-13(5-8-15)19(25)26-12-18(24)23-17-10-16(21)9-6-14(17)11-22/h6,9-10,13,15H,4-5,7-8,12H2,1-3H3,(H,23,24). The van der Waals surface area contributed by atoms with Crippen molar-refractivity contribution in [1.82, 2.24) is 0 Å². The molecule has 2 rings (SSSR count). The lowest BCUT2D eigenvalue weighted by Gasteiger charge is -2.36. The predicted octanol–water partition coefficient (Wildman–Crippen LogP) is 4.55. The predicted molar refractivity (Wildman–Crippen MR) is 101 cm³/mol. The molecule has 0 bridgehead atoms. The molecule has 1 amide bonds. The largest absolute Gasteiger partial charge is 0.455 e. The maximum atomic E-state index is 12.2. The zero-order chi connectivity index (χ0) is 19.3. The van der Waals surface area contributed by atoms with E-state index in [1.807, 2.05) is 6.07 Å². The third kappa shape index (κ3) is 5.47. The number of carbonyl (C=O) groups is 2. The lowest BCUT2D eigenvalue weighted by molar-refractivity contribution is -0.153. The van der Waals surface area contributed by atoms with Gasteiger partial charge in [-0.15, -0.1) is 0 Å². The van der Waals surface area contributed by atoms with Crippen molar-refractivity contribution >= 4 is 29.2 Å². The second kappa shape index (κ2) is 8.55. The minimum atomic E-state index is -0.486. The Morgan fingerprint density at radius 2 is 1.92 bits per heavy atom. The molecule has 0 unspecified atom stereocenters. The zero-order valence-corrected chi connectivity index (χ0v) is 16.2. The Kier molecular flexibility index (Phi) is 6.66. The van der Waals surface area contributed by atoms with E-state index in [1.54, 1.807) is 6.07 Å². The molecule has 140 valence electrons. The number of nitrogens with zero attached hydrogens (tertiary/aromatic N) is 1. The van der Waals surface area contributed by atoms with Gasteiger partial charge in [0.15, 0.2) is 6.61 Å². The molecule has 6 heteroatoms. The number of carbonyl (C=O) groups excluding carboxylic acids is 2. The highest BCUT2D eigenvalue weighted by Crippen LogP contribution is 2.40. The summed E-state index contributed by atoms with van der Waals surface area (Å²) in [6, 6.07) is 6.57. The molecule has 0 spiro atoms. The van der Waals surface area contributed by atoms with Gasteiger partial charge >= 0.3 is 5.97 Å². The fourth-order valence-corrected chi connectivity index (χ4v) is 3.53. The number of ether oxygens (including phenoxy) is 1. The number of amides is 1. The van der Waals surface area contributed by atoms with Crippen LogP contribution in [0.25, 0.3) is 0 Å². The summed E-state index contributed by atoms with van der Waals surface area (Å²) in [5.74, 6) is -0.330. The fourth-order valence-electron chi connectivity index (χ4n) is 3.35. The van der Waals surface area contributed by atoms with Crippen LogP contribution in [0, 0.1) is 28.6 Å². The minimum Gasteiger partial charge on any atom is -0.455 e. The number of rotatable bonds is 4. The molecule has 1 aliphatic rings. The van der Waals surface area contributed by atoms with E-state index in [4.69, 9.17) is 21.6 Å². The molecule has 0 radical (unpaired) electrons. The van der Waals surface area contributed by atoms with Crippen molar-refractivity contribution in [2.75, 3.05) is 11.9 Å². The van der Waals surface area contributed by atoms with Crippen LogP contribution in [-0.2, 0) is 14.3 Å². The van der Waals surface area contributed by atoms with Crippen LogP contribution in [0.4, 0.5) is 5.69 Å². The van der Waals surface area contributed by atoms with Gasteiger partial charge in [-0.2, -0.15) is 5.26 Å². The van der Waals surface area contributed by atoms with E-state index >= 15 is 0 Å². The first-order valence-electron chi connectivity index (χ1n) is 8.87. The van der Waals surface area contributed by atoms with Crippen LogP contribution in [0.3, 0.4) is 0 Å². The van der Waals surface area contributed by atoms with Gasteiger partial charge < -0.3 is 10.1 Å². The quantitative estimate of drug-likeness (QED) is 0.782. The summed E-state index contributed by atoms with van der Waals surface area (Å²) in [5.41, 5.74) is 0.866. The Balaban J connectivity index is 1.82. The molecule has 0 aliphatic heterocycles. The molecule has 1 fully saturated rings. The molecule has 1 saturated carbocycles. The van der Waals surface area contributed by atoms with Crippen molar-refractivity contribution in [2.45, 2.75) is 46.5 Å². The van der Waals surface area contributed by atoms with Crippen molar-refractivity contribution in [3.8, 4) is 6.07 Å². The van der Waals surface area contributed by atoms with Gasteiger partial charge in [0.25, 0.3) is 5.91 Å². The summed E-state index contributed by atoms with van der Waals surface area (Å²) in [4.78, 5) is 24.2. The topological polar surface area (TPSA) is 79.2 Å². The summed E-state index contributed by atoms with van der Waals surface area (Å²) in [6.07, 6.45) is 3.61. The van der Waals surface area contributed by atoms with E-state index in [1.165, 1.54) is 12.1 Å². The Hall–Kier alpha value is -2.06. The molecule has 1 aliphatic carbocycles. The second-order valence-electron chi connectivity index (χ2n) is 7.87. The number of halogens is 1. The van der Waals surface area contributed by atoms with Crippen molar-refractivity contribution in [2.24, 2.45) is 17.3 Å². The molecule has 26 heavy (non-hydrogen) atoms. The van der Waals surface area contributed by atoms with E-state index in [0.29, 0.717) is 22.2 Å². The summed E-state index contributed by atoms with van der Waals surface area (Å²) >= 11 is 5.88. The third-order valence-corrected chi connectivity index (χ3v) is 5.24. The van der Waals surface area contributed by atoms with E-state index in [2.05, 4.69) is 26.1 Å². The van der Waals surface area contributed by atoms with Gasteiger partial charge in [-0.25, -0.2) is 0 Å². The van der Waals surface area contributed by atoms with Crippen molar-refractivity contribution in [1.29, 1.82) is 5.26 Å². The van der Waals surface area contributed by atoms with Crippen molar-refractivity contribution < 1.29 is 14.3 Å². The van der Waals surface area contributed by atoms with Crippen LogP contribution in [0.1, 0.15) is 52.0 Å². The molecule has 0 saturated heterocycles. The molecular formula is C20H25ClN2O3. The van der Waals surface area contributed by atoms with Crippen LogP contribution in [0.2, 0.25) is 5.02 Å². The smallest absolute Gasteiger partial charge is 0.309 e. The van der Waals surface area contributed by atoms with Crippen LogP contribution in [0.15, 0.2) is 18.2 Å². The van der Waals surface area contributed by atoms with Gasteiger partial charge in [0.2, 0.25) is 0 Å². The number of hydrogen-bond acceptors (Lipinski definition) is 4. The minimum absolute atomic E-state index is 0.137. The van der Waals surface area contributed by atoms with E-state index in [-0.39, 0.29) is 23.9 Å². The first-order chi connectivity index (χ1) is 12.2. The zero-order valence-electron chi connectivity index (χ0n) is 15.5. The normalized spacial score (nSPS) is 20.1. The first kappa shape index (κ1) is 20.3. The van der Waals surface area contributed by atoms with Crippen LogP contribution in [0.5, 0.6) is 0 Å². The van der Waals surface area contributed by atoms with Gasteiger partial charge in [0.1, 0.15) is 6.07 Å². The van der Waals surface area contributed by atoms with Crippen LogP contribution >= 0.6 is 11.6 Å². The average molecular weight is 377 g/mol. The van der Waals surface area contributed by atoms with E-state index in [0.717, 1.165) is 25.7 Å². The van der Waals surface area contributed by atoms with E-state index < -0.39 is 5.91 Å². The number of nitriles is 1. The highest BCUT2D eigenvalue weighted by atomic mass is 35.5. The Labute approximate surface area is 159 Å². The molecule has 0 atom stereocenters. The van der Waals surface area contributed by atoms with E-state index in [9.17, 15) is 9.59 Å². The van der Waals surface area contributed by atoms with Crippen molar-refractivity contribution in [3.63, 3.8) is 0 Å². The average Bonchev–Trinajstić information content (AvgIpc) is 2.59. The fraction of sp³-hybridized carbons (Fsp3) is 0.550. The molecule has 1 N–H and O–H groups in total. The molecule has 5 nitrogen and oxygen atoms in total. The maximum absolute atomic E-state index is 12.2. The van der Waals surface area contributed by atoms with Gasteiger partial charge in [-0.1, -0.05) is 32.4 Å². The number of benzene rings is 1. The SMILES string of the molecule is CC(C)(C)C1CCC(C(=O)OCC(=O)Nc2cc(Cl)ccc2C#N)CC1.